The van der Waals surface area contributed by atoms with Crippen molar-refractivity contribution in [2.45, 2.75) is 0 Å². The third-order valence-electron chi connectivity index (χ3n) is 3.87. The Balaban J connectivity index is 1.76. The van der Waals surface area contributed by atoms with Crippen LogP contribution in [-0.2, 0) is 0 Å². The van der Waals surface area contributed by atoms with Crippen LogP contribution in [0.15, 0.2) is 59.8 Å². The summed E-state index contributed by atoms with van der Waals surface area (Å²) in [7, 11) is 3.90. The van der Waals surface area contributed by atoms with Crippen molar-refractivity contribution in [3.8, 4) is 5.75 Å². The number of hydrogen-bond donors (Lipinski definition) is 1. The number of carbonyl (C=O) groups excluding carboxylic acids is 1. The number of halogens is 1. The molecule has 0 aliphatic heterocycles. The van der Waals surface area contributed by atoms with E-state index >= 15 is 0 Å². The van der Waals surface area contributed by atoms with E-state index in [0.29, 0.717) is 11.3 Å². The number of hydrogen-bond acceptors (Lipinski definition) is 5. The summed E-state index contributed by atoms with van der Waals surface area (Å²) in [4.78, 5) is 18.5. The molecule has 1 amide bonds. The van der Waals surface area contributed by atoms with Gasteiger partial charge in [0.1, 0.15) is 5.52 Å². The third-order valence-corrected chi connectivity index (χ3v) is 4.34. The molecule has 0 aliphatic carbocycles. The van der Waals surface area contributed by atoms with Crippen LogP contribution in [0.5, 0.6) is 5.75 Å². The number of nitrogens with one attached hydrogen (secondary N) is 1. The van der Waals surface area contributed by atoms with Gasteiger partial charge in [0, 0.05) is 42.5 Å². The van der Waals surface area contributed by atoms with Gasteiger partial charge in [-0.15, -0.1) is 0 Å². The Kier molecular flexibility index (Phi) is 5.67. The number of rotatable bonds is 5. The summed E-state index contributed by atoms with van der Waals surface area (Å²) in [5.74, 6) is 0.421. The molecule has 0 bridgehead atoms. The predicted molar refractivity (Wildman–Crippen MR) is 112 cm³/mol. The van der Waals surface area contributed by atoms with E-state index < -0.39 is 0 Å². The third kappa shape index (κ3) is 3.93. The number of aromatic nitrogens is 1. The van der Waals surface area contributed by atoms with Gasteiger partial charge in [0.05, 0.1) is 6.21 Å². The first-order valence-electron chi connectivity index (χ1n) is 7.87. The molecule has 0 saturated heterocycles. The van der Waals surface area contributed by atoms with Crippen molar-refractivity contribution in [1.82, 2.24) is 10.4 Å². The maximum atomic E-state index is 12.2. The fourth-order valence-electron chi connectivity index (χ4n) is 2.48. The highest BCUT2D eigenvalue weighted by Crippen LogP contribution is 2.27. The van der Waals surface area contributed by atoms with E-state index in [1.807, 2.05) is 78.4 Å². The number of amides is 1. The molecule has 26 heavy (non-hydrogen) atoms. The maximum absolute atomic E-state index is 12.2. The van der Waals surface area contributed by atoms with Gasteiger partial charge in [-0.2, -0.15) is 5.10 Å². The van der Waals surface area contributed by atoms with Crippen LogP contribution < -0.4 is 13.4 Å². The lowest BCUT2D eigenvalue weighted by atomic mass is 10.1. The van der Waals surface area contributed by atoms with Gasteiger partial charge in [-0.1, -0.05) is 6.07 Å². The fraction of sp³-hybridized carbons (Fsp3) is 0.105. The zero-order chi connectivity index (χ0) is 18.5. The van der Waals surface area contributed by atoms with Crippen LogP contribution in [0.3, 0.4) is 0 Å². The van der Waals surface area contributed by atoms with Gasteiger partial charge < -0.3 is 7.97 Å². The van der Waals surface area contributed by atoms with Gasteiger partial charge in [0.15, 0.2) is 28.8 Å². The summed E-state index contributed by atoms with van der Waals surface area (Å²) in [5.41, 5.74) is 5.72. The van der Waals surface area contributed by atoms with Gasteiger partial charge in [0.25, 0.3) is 5.91 Å². The molecule has 132 valence electrons. The molecule has 0 saturated carbocycles. The fourth-order valence-corrected chi connectivity index (χ4v) is 2.83. The molecule has 0 fully saturated rings. The highest BCUT2D eigenvalue weighted by Gasteiger charge is 2.07. The highest BCUT2D eigenvalue weighted by atomic mass is 127. The van der Waals surface area contributed by atoms with Gasteiger partial charge in [-0.3, -0.25) is 9.78 Å². The van der Waals surface area contributed by atoms with Crippen LogP contribution in [0, 0.1) is 0 Å². The minimum absolute atomic E-state index is 0.263. The smallest absolute Gasteiger partial charge is 0.271 e. The molecule has 1 aromatic heterocycles. The largest absolute Gasteiger partial charge is 0.425 e. The van der Waals surface area contributed by atoms with Crippen LogP contribution in [0.4, 0.5) is 5.69 Å². The molecule has 0 atom stereocenters. The van der Waals surface area contributed by atoms with E-state index in [-0.39, 0.29) is 5.91 Å². The van der Waals surface area contributed by atoms with E-state index in [4.69, 9.17) is 3.07 Å². The van der Waals surface area contributed by atoms with Crippen molar-refractivity contribution in [2.24, 2.45) is 5.10 Å². The number of nitrogens with zero attached hydrogens (tertiary/aromatic N) is 3. The van der Waals surface area contributed by atoms with Gasteiger partial charge >= 0.3 is 0 Å². The minimum Gasteiger partial charge on any atom is -0.425 e. The topological polar surface area (TPSA) is 66.8 Å². The molecule has 2 aromatic carbocycles. The number of anilines is 1. The molecule has 3 rings (SSSR count). The van der Waals surface area contributed by atoms with E-state index in [0.717, 1.165) is 22.2 Å². The number of hydrazone groups is 1. The molecule has 0 unspecified atom stereocenters. The van der Waals surface area contributed by atoms with Crippen molar-refractivity contribution in [1.29, 1.82) is 0 Å². The monoisotopic (exact) mass is 460 g/mol. The maximum Gasteiger partial charge on any atom is 0.271 e. The Hall–Kier alpha value is -2.68. The average Bonchev–Trinajstić information content (AvgIpc) is 2.68. The first-order chi connectivity index (χ1) is 12.6. The zero-order valence-electron chi connectivity index (χ0n) is 14.3. The Morgan fingerprint density at radius 3 is 2.65 bits per heavy atom. The Bertz CT molecular complexity index is 955. The van der Waals surface area contributed by atoms with Crippen LogP contribution >= 0.6 is 23.0 Å². The van der Waals surface area contributed by atoms with Crippen molar-refractivity contribution in [2.75, 3.05) is 19.0 Å². The summed E-state index contributed by atoms with van der Waals surface area (Å²) in [6, 6.07) is 14.8. The quantitative estimate of drug-likeness (QED) is 0.358. The molecule has 1 N–H and O–H groups in total. The van der Waals surface area contributed by atoms with Gasteiger partial charge in [-0.05, 0) is 42.5 Å². The number of carbonyl (C=O) groups is 1. The molecular weight excluding hydrogens is 443 g/mol. The van der Waals surface area contributed by atoms with Crippen molar-refractivity contribution < 1.29 is 7.86 Å². The van der Waals surface area contributed by atoms with Crippen LogP contribution in [-0.4, -0.2) is 31.2 Å². The normalized spacial score (nSPS) is 10.9. The first-order valence-corrected chi connectivity index (χ1v) is 8.75. The number of pyridine rings is 1. The van der Waals surface area contributed by atoms with Crippen LogP contribution in [0.1, 0.15) is 15.9 Å². The van der Waals surface area contributed by atoms with Crippen molar-refractivity contribution >= 4 is 51.7 Å². The second-order valence-electron chi connectivity index (χ2n) is 5.77. The number of fused-ring (bicyclic) bond motifs is 1. The summed E-state index contributed by atoms with van der Waals surface area (Å²) in [6.07, 6.45) is 3.31. The lowest BCUT2D eigenvalue weighted by molar-refractivity contribution is 0.0955. The lowest BCUT2D eigenvalue weighted by Gasteiger charge is -2.12. The molecule has 3 aromatic rings. The van der Waals surface area contributed by atoms with Crippen molar-refractivity contribution in [3.63, 3.8) is 0 Å². The van der Waals surface area contributed by atoms with Crippen LogP contribution in [0.2, 0.25) is 0 Å². The molecular formula is C19H17IN4O2. The standard InChI is InChI=1S/C19H17IN4O2/c1-24(2)15-8-5-13(6-9-15)19(25)23-22-12-14-7-10-17(26-20)18-16(14)4-3-11-21-18/h3-12H,1-2H3,(H,23,25)/b22-12+. The zero-order valence-corrected chi connectivity index (χ0v) is 16.5. The second-order valence-corrected chi connectivity index (χ2v) is 6.21. The summed E-state index contributed by atoms with van der Waals surface area (Å²) in [6.45, 7) is 0. The molecule has 1 heterocycles. The highest BCUT2D eigenvalue weighted by molar-refractivity contribution is 14.1. The Morgan fingerprint density at radius 1 is 1.19 bits per heavy atom. The Labute approximate surface area is 165 Å². The van der Waals surface area contributed by atoms with Gasteiger partial charge in [0.2, 0.25) is 0 Å². The molecule has 7 heteroatoms. The molecule has 6 nitrogen and oxygen atoms in total. The van der Waals surface area contributed by atoms with E-state index in [1.165, 1.54) is 0 Å². The molecule has 0 spiro atoms. The minimum atomic E-state index is -0.263. The second kappa shape index (κ2) is 8.13. The van der Waals surface area contributed by atoms with Crippen molar-refractivity contribution in [3.05, 3.63) is 65.9 Å². The molecule has 0 aliphatic rings. The summed E-state index contributed by atoms with van der Waals surface area (Å²) >= 11 is 1.83. The number of benzene rings is 2. The summed E-state index contributed by atoms with van der Waals surface area (Å²) < 4.78 is 5.30. The predicted octanol–water partition coefficient (Wildman–Crippen LogP) is 3.79. The van der Waals surface area contributed by atoms with E-state index in [2.05, 4.69) is 15.5 Å². The van der Waals surface area contributed by atoms with Gasteiger partial charge in [-0.25, -0.2) is 5.43 Å². The average molecular weight is 460 g/mol. The Morgan fingerprint density at radius 2 is 1.96 bits per heavy atom. The molecule has 0 radical (unpaired) electrons. The van der Waals surface area contributed by atoms with E-state index in [9.17, 15) is 4.79 Å². The SMILES string of the molecule is CN(C)c1ccc(C(=O)N/N=C/c2ccc(OI)c3ncccc23)cc1. The first kappa shape index (κ1) is 18.1. The van der Waals surface area contributed by atoms with E-state index in [1.54, 1.807) is 24.5 Å². The summed E-state index contributed by atoms with van der Waals surface area (Å²) in [5, 5.41) is 4.97. The van der Waals surface area contributed by atoms with Crippen LogP contribution in [0.25, 0.3) is 10.9 Å². The lowest BCUT2D eigenvalue weighted by Crippen LogP contribution is -2.18.